The molecule has 0 aliphatic rings. The Labute approximate surface area is 109 Å². The molecular weight excluding hydrogens is 228 g/mol. The van der Waals surface area contributed by atoms with Crippen molar-refractivity contribution in [1.29, 1.82) is 0 Å². The molecule has 1 aromatic rings. The smallest absolute Gasteiger partial charge is 0.228 e. The molecule has 1 amide bonds. The van der Waals surface area contributed by atoms with E-state index in [2.05, 4.69) is 5.32 Å². The van der Waals surface area contributed by atoms with E-state index in [9.17, 15) is 4.79 Å². The van der Waals surface area contributed by atoms with Crippen LogP contribution in [0.5, 0.6) is 5.75 Å². The molecule has 0 fully saturated rings. The summed E-state index contributed by atoms with van der Waals surface area (Å²) >= 11 is 0. The molecule has 4 nitrogen and oxygen atoms in total. The zero-order valence-corrected chi connectivity index (χ0v) is 11.3. The number of nitrogens with one attached hydrogen (secondary N) is 1. The van der Waals surface area contributed by atoms with E-state index in [4.69, 9.17) is 10.5 Å². The number of hydrogen-bond acceptors (Lipinski definition) is 3. The lowest BCUT2D eigenvalue weighted by molar-refractivity contribution is -0.119. The second-order valence-corrected chi connectivity index (χ2v) is 4.24. The summed E-state index contributed by atoms with van der Waals surface area (Å²) in [5, 5.41) is 2.88. The summed E-state index contributed by atoms with van der Waals surface area (Å²) in [6.45, 7) is 6.87. The first-order chi connectivity index (χ1) is 8.62. The molecule has 0 spiro atoms. The maximum Gasteiger partial charge on any atom is 0.228 e. The minimum Gasteiger partial charge on any atom is -0.494 e. The number of carbonyl (C=O) groups is 1. The average Bonchev–Trinajstić information content (AvgIpc) is 2.34. The van der Waals surface area contributed by atoms with Gasteiger partial charge in [-0.25, -0.2) is 0 Å². The van der Waals surface area contributed by atoms with Gasteiger partial charge in [-0.1, -0.05) is 6.92 Å². The average molecular weight is 250 g/mol. The van der Waals surface area contributed by atoms with Crippen LogP contribution in [0.25, 0.3) is 0 Å². The molecule has 1 rings (SSSR count). The van der Waals surface area contributed by atoms with Crippen molar-refractivity contribution in [3.05, 3.63) is 23.8 Å². The van der Waals surface area contributed by atoms with Crippen LogP contribution in [0.3, 0.4) is 0 Å². The van der Waals surface area contributed by atoms with Crippen LogP contribution < -0.4 is 15.8 Å². The van der Waals surface area contributed by atoms with E-state index in [1.807, 2.05) is 39.0 Å². The molecule has 0 saturated carbocycles. The lowest BCUT2D eigenvalue weighted by Crippen LogP contribution is -2.28. The first kappa shape index (κ1) is 14.5. The van der Waals surface area contributed by atoms with Gasteiger partial charge in [0.25, 0.3) is 0 Å². The predicted molar refractivity (Wildman–Crippen MR) is 73.8 cm³/mol. The molecule has 0 saturated heterocycles. The van der Waals surface area contributed by atoms with Gasteiger partial charge >= 0.3 is 0 Å². The molecule has 0 aliphatic carbocycles. The maximum absolute atomic E-state index is 11.9. The Morgan fingerprint density at radius 3 is 2.67 bits per heavy atom. The van der Waals surface area contributed by atoms with Crippen molar-refractivity contribution in [2.75, 3.05) is 18.5 Å². The zero-order chi connectivity index (χ0) is 13.5. The van der Waals surface area contributed by atoms with Gasteiger partial charge in [-0.05, 0) is 44.0 Å². The summed E-state index contributed by atoms with van der Waals surface area (Å²) in [5.74, 6) is 0.696. The summed E-state index contributed by atoms with van der Waals surface area (Å²) < 4.78 is 5.45. The number of benzene rings is 1. The SMILES string of the molecule is CCOc1ccc(NC(=O)C(CC)CN)cc1C. The Bertz CT molecular complexity index is 401. The fraction of sp³-hybridized carbons (Fsp3) is 0.500. The van der Waals surface area contributed by atoms with Crippen LogP contribution >= 0.6 is 0 Å². The second kappa shape index (κ2) is 7.01. The molecular formula is C14H22N2O2. The highest BCUT2D eigenvalue weighted by molar-refractivity contribution is 5.92. The highest BCUT2D eigenvalue weighted by atomic mass is 16.5. The van der Waals surface area contributed by atoms with Gasteiger partial charge in [0.15, 0.2) is 0 Å². The van der Waals surface area contributed by atoms with Gasteiger partial charge in [0, 0.05) is 12.2 Å². The number of hydrogen-bond donors (Lipinski definition) is 2. The van der Waals surface area contributed by atoms with E-state index in [0.29, 0.717) is 13.2 Å². The summed E-state index contributed by atoms with van der Waals surface area (Å²) in [5.41, 5.74) is 7.35. The van der Waals surface area contributed by atoms with E-state index in [1.165, 1.54) is 0 Å². The molecule has 0 heterocycles. The fourth-order valence-electron chi connectivity index (χ4n) is 1.75. The van der Waals surface area contributed by atoms with E-state index >= 15 is 0 Å². The fourth-order valence-corrected chi connectivity index (χ4v) is 1.75. The van der Waals surface area contributed by atoms with E-state index in [0.717, 1.165) is 23.4 Å². The Hall–Kier alpha value is -1.55. The van der Waals surface area contributed by atoms with Crippen LogP contribution in [0.4, 0.5) is 5.69 Å². The normalized spacial score (nSPS) is 12.0. The van der Waals surface area contributed by atoms with Gasteiger partial charge < -0.3 is 15.8 Å². The van der Waals surface area contributed by atoms with E-state index < -0.39 is 0 Å². The Balaban J connectivity index is 2.74. The van der Waals surface area contributed by atoms with Crippen LogP contribution in [0.2, 0.25) is 0 Å². The topological polar surface area (TPSA) is 64.3 Å². The lowest BCUT2D eigenvalue weighted by atomic mass is 10.1. The van der Waals surface area contributed by atoms with Gasteiger partial charge in [-0.2, -0.15) is 0 Å². The summed E-state index contributed by atoms with van der Waals surface area (Å²) in [6.07, 6.45) is 0.748. The van der Waals surface area contributed by atoms with E-state index in [-0.39, 0.29) is 11.8 Å². The Morgan fingerprint density at radius 1 is 1.44 bits per heavy atom. The standard InChI is InChI=1S/C14H22N2O2/c1-4-11(9-15)14(17)16-12-6-7-13(18-5-2)10(3)8-12/h6-8,11H,4-5,9,15H2,1-3H3,(H,16,17). The summed E-state index contributed by atoms with van der Waals surface area (Å²) in [4.78, 5) is 11.9. The number of amides is 1. The molecule has 4 heteroatoms. The van der Waals surface area contributed by atoms with Crippen LogP contribution in [-0.2, 0) is 4.79 Å². The second-order valence-electron chi connectivity index (χ2n) is 4.24. The highest BCUT2D eigenvalue weighted by Gasteiger charge is 2.14. The highest BCUT2D eigenvalue weighted by Crippen LogP contribution is 2.22. The van der Waals surface area contributed by atoms with Gasteiger partial charge in [-0.15, -0.1) is 0 Å². The Morgan fingerprint density at radius 2 is 2.17 bits per heavy atom. The zero-order valence-electron chi connectivity index (χ0n) is 11.3. The molecule has 1 aromatic carbocycles. The molecule has 1 unspecified atom stereocenters. The van der Waals surface area contributed by atoms with Crippen LogP contribution in [-0.4, -0.2) is 19.1 Å². The number of nitrogens with two attached hydrogens (primary N) is 1. The minimum absolute atomic E-state index is 0.0245. The lowest BCUT2D eigenvalue weighted by Gasteiger charge is -2.14. The van der Waals surface area contributed by atoms with Gasteiger partial charge in [0.1, 0.15) is 5.75 Å². The van der Waals surface area contributed by atoms with Gasteiger partial charge in [-0.3, -0.25) is 4.79 Å². The molecule has 100 valence electrons. The first-order valence-corrected chi connectivity index (χ1v) is 6.36. The third kappa shape index (κ3) is 3.74. The molecule has 0 radical (unpaired) electrons. The third-order valence-corrected chi connectivity index (χ3v) is 2.89. The minimum atomic E-state index is -0.128. The number of rotatable bonds is 6. The summed E-state index contributed by atoms with van der Waals surface area (Å²) in [6, 6.07) is 5.63. The maximum atomic E-state index is 11.9. The number of carbonyl (C=O) groups excluding carboxylic acids is 1. The van der Waals surface area contributed by atoms with Crippen molar-refractivity contribution in [3.8, 4) is 5.75 Å². The van der Waals surface area contributed by atoms with Crippen molar-refractivity contribution in [3.63, 3.8) is 0 Å². The largest absolute Gasteiger partial charge is 0.494 e. The first-order valence-electron chi connectivity index (χ1n) is 6.36. The van der Waals surface area contributed by atoms with Gasteiger partial charge in [0.2, 0.25) is 5.91 Å². The summed E-state index contributed by atoms with van der Waals surface area (Å²) in [7, 11) is 0. The van der Waals surface area contributed by atoms with Crippen molar-refractivity contribution in [2.24, 2.45) is 11.7 Å². The molecule has 0 aromatic heterocycles. The monoisotopic (exact) mass is 250 g/mol. The number of aryl methyl sites for hydroxylation is 1. The van der Waals surface area contributed by atoms with Crippen molar-refractivity contribution in [2.45, 2.75) is 27.2 Å². The van der Waals surface area contributed by atoms with Gasteiger partial charge in [0.05, 0.1) is 12.5 Å². The van der Waals surface area contributed by atoms with Crippen LogP contribution in [0.15, 0.2) is 18.2 Å². The molecule has 1 atom stereocenters. The molecule has 18 heavy (non-hydrogen) atoms. The molecule has 3 N–H and O–H groups in total. The number of anilines is 1. The predicted octanol–water partition coefficient (Wildman–Crippen LogP) is 2.32. The van der Waals surface area contributed by atoms with Crippen LogP contribution in [0.1, 0.15) is 25.8 Å². The Kier molecular flexibility index (Phi) is 5.65. The van der Waals surface area contributed by atoms with Crippen LogP contribution in [0, 0.1) is 12.8 Å². The van der Waals surface area contributed by atoms with E-state index in [1.54, 1.807) is 0 Å². The number of ether oxygens (including phenoxy) is 1. The third-order valence-electron chi connectivity index (χ3n) is 2.89. The van der Waals surface area contributed by atoms with Crippen molar-refractivity contribution in [1.82, 2.24) is 0 Å². The van der Waals surface area contributed by atoms with Crippen molar-refractivity contribution >= 4 is 11.6 Å². The quantitative estimate of drug-likeness (QED) is 0.814. The van der Waals surface area contributed by atoms with Crippen molar-refractivity contribution < 1.29 is 9.53 Å². The molecule has 0 aliphatic heterocycles. The molecule has 0 bridgehead atoms.